The summed E-state index contributed by atoms with van der Waals surface area (Å²) in [5.41, 5.74) is 0.299. The molecule has 1 saturated heterocycles. The minimum atomic E-state index is -0.478. The Morgan fingerprint density at radius 3 is 3.06 bits per heavy atom. The highest BCUT2D eigenvalue weighted by Crippen LogP contribution is 2.26. The fourth-order valence-electron chi connectivity index (χ4n) is 1.69. The molecule has 2 rings (SSSR count). The second-order valence-corrected chi connectivity index (χ2v) is 4.28. The summed E-state index contributed by atoms with van der Waals surface area (Å²) in [6.07, 6.45) is 3.91. The summed E-state index contributed by atoms with van der Waals surface area (Å²) in [4.78, 5) is 15.3. The largest absolute Gasteiger partial charge is 0.465 e. The van der Waals surface area contributed by atoms with Crippen LogP contribution < -0.4 is 4.74 Å². The number of hydrogen-bond acceptors (Lipinski definition) is 5. The Morgan fingerprint density at radius 1 is 1.56 bits per heavy atom. The summed E-state index contributed by atoms with van der Waals surface area (Å²) in [5, 5.41) is 0.205. The van der Waals surface area contributed by atoms with E-state index in [9.17, 15) is 4.79 Å². The Bertz CT molecular complexity index is 432. The van der Waals surface area contributed by atoms with Crippen molar-refractivity contribution < 1.29 is 19.0 Å². The number of esters is 1. The quantitative estimate of drug-likeness (QED) is 0.624. The van der Waals surface area contributed by atoms with Gasteiger partial charge in [-0.25, -0.2) is 9.78 Å². The zero-order valence-corrected chi connectivity index (χ0v) is 10.8. The van der Waals surface area contributed by atoms with E-state index in [-0.39, 0.29) is 11.4 Å². The van der Waals surface area contributed by atoms with E-state index < -0.39 is 5.97 Å². The Kier molecular flexibility index (Phi) is 4.38. The van der Waals surface area contributed by atoms with Gasteiger partial charge in [-0.1, -0.05) is 11.6 Å². The highest BCUT2D eigenvalue weighted by molar-refractivity contribution is 6.30. The predicted molar refractivity (Wildman–Crippen MR) is 64.8 cm³/mol. The Morgan fingerprint density at radius 2 is 2.39 bits per heavy atom. The van der Waals surface area contributed by atoms with E-state index in [0.717, 1.165) is 19.3 Å². The van der Waals surface area contributed by atoms with Crippen molar-refractivity contribution in [3.8, 4) is 5.75 Å². The number of carbonyl (C=O) groups is 1. The minimum Gasteiger partial charge on any atom is -0.465 e. The smallest absolute Gasteiger partial charge is 0.339 e. The number of methoxy groups -OCH3 is 1. The van der Waals surface area contributed by atoms with Gasteiger partial charge in [-0.2, -0.15) is 0 Å². The lowest BCUT2D eigenvalue weighted by atomic mass is 10.2. The molecule has 1 aliphatic rings. The van der Waals surface area contributed by atoms with Crippen molar-refractivity contribution in [3.63, 3.8) is 0 Å². The van der Waals surface area contributed by atoms with Crippen LogP contribution in [0.4, 0.5) is 0 Å². The van der Waals surface area contributed by atoms with Crippen molar-refractivity contribution in [2.24, 2.45) is 0 Å². The van der Waals surface area contributed by atoms with Gasteiger partial charge in [0, 0.05) is 12.6 Å². The van der Waals surface area contributed by atoms with Gasteiger partial charge in [-0.05, 0) is 18.9 Å². The molecule has 1 fully saturated rings. The van der Waals surface area contributed by atoms with Crippen LogP contribution in [0.5, 0.6) is 5.75 Å². The van der Waals surface area contributed by atoms with Crippen LogP contribution >= 0.6 is 11.6 Å². The van der Waals surface area contributed by atoms with Crippen molar-refractivity contribution >= 4 is 17.6 Å². The van der Waals surface area contributed by atoms with E-state index >= 15 is 0 Å². The predicted octanol–water partition coefficient (Wildman–Crippen LogP) is 2.43. The monoisotopic (exact) mass is 271 g/mol. The minimum absolute atomic E-state index is 0.205. The van der Waals surface area contributed by atoms with Crippen LogP contribution in [0.2, 0.25) is 5.15 Å². The molecule has 1 atom stereocenters. The fraction of sp³-hybridized carbons (Fsp3) is 0.500. The molecule has 0 saturated carbocycles. The zero-order valence-electron chi connectivity index (χ0n) is 10.0. The van der Waals surface area contributed by atoms with E-state index in [2.05, 4.69) is 9.72 Å². The summed E-state index contributed by atoms with van der Waals surface area (Å²) in [6, 6.07) is 1.51. The molecule has 98 valence electrons. The average Bonchev–Trinajstić information content (AvgIpc) is 2.41. The SMILES string of the molecule is COC(=O)c1cnc(Cl)c(OC2CCCCO2)c1. The number of aromatic nitrogens is 1. The first-order valence-electron chi connectivity index (χ1n) is 5.73. The van der Waals surface area contributed by atoms with Gasteiger partial charge < -0.3 is 14.2 Å². The van der Waals surface area contributed by atoms with Crippen LogP contribution in [0.3, 0.4) is 0 Å². The Balaban J connectivity index is 2.12. The molecule has 0 amide bonds. The molecular weight excluding hydrogens is 258 g/mol. The van der Waals surface area contributed by atoms with Crippen LogP contribution in [-0.4, -0.2) is 31.0 Å². The molecule has 2 heterocycles. The van der Waals surface area contributed by atoms with Gasteiger partial charge in [-0.15, -0.1) is 0 Å². The van der Waals surface area contributed by atoms with Crippen LogP contribution in [0.1, 0.15) is 29.6 Å². The maximum atomic E-state index is 11.4. The highest BCUT2D eigenvalue weighted by Gasteiger charge is 2.18. The lowest BCUT2D eigenvalue weighted by Crippen LogP contribution is -2.25. The molecule has 0 radical (unpaired) electrons. The normalized spacial score (nSPS) is 19.3. The first-order valence-corrected chi connectivity index (χ1v) is 6.10. The zero-order chi connectivity index (χ0) is 13.0. The highest BCUT2D eigenvalue weighted by atomic mass is 35.5. The Hall–Kier alpha value is -1.33. The summed E-state index contributed by atoms with van der Waals surface area (Å²) < 4.78 is 15.6. The van der Waals surface area contributed by atoms with Crippen LogP contribution in [0, 0.1) is 0 Å². The molecular formula is C12H14ClNO4. The second kappa shape index (κ2) is 6.02. The number of nitrogens with zero attached hydrogens (tertiary/aromatic N) is 1. The number of ether oxygens (including phenoxy) is 3. The van der Waals surface area contributed by atoms with Gasteiger partial charge in [-0.3, -0.25) is 0 Å². The summed E-state index contributed by atoms with van der Waals surface area (Å²) in [6.45, 7) is 0.673. The standard InChI is InChI=1S/C12H14ClNO4/c1-16-12(15)8-6-9(11(13)14-7-8)18-10-4-2-3-5-17-10/h6-7,10H,2-5H2,1H3. The molecule has 18 heavy (non-hydrogen) atoms. The first-order chi connectivity index (χ1) is 8.70. The van der Waals surface area contributed by atoms with Crippen molar-refractivity contribution in [1.82, 2.24) is 4.98 Å². The lowest BCUT2D eigenvalue weighted by molar-refractivity contribution is -0.106. The molecule has 1 aromatic heterocycles. The molecule has 5 nitrogen and oxygen atoms in total. The third-order valence-electron chi connectivity index (χ3n) is 2.62. The van der Waals surface area contributed by atoms with Crippen LogP contribution in [-0.2, 0) is 9.47 Å². The van der Waals surface area contributed by atoms with Crippen LogP contribution in [0.25, 0.3) is 0 Å². The average molecular weight is 272 g/mol. The van der Waals surface area contributed by atoms with Crippen molar-refractivity contribution in [2.45, 2.75) is 25.6 Å². The molecule has 6 heteroatoms. The van der Waals surface area contributed by atoms with Gasteiger partial charge in [0.1, 0.15) is 0 Å². The molecule has 0 N–H and O–H groups in total. The summed E-state index contributed by atoms with van der Waals surface area (Å²) >= 11 is 5.92. The maximum absolute atomic E-state index is 11.4. The molecule has 1 aliphatic heterocycles. The molecule has 0 bridgehead atoms. The van der Waals surface area contributed by atoms with E-state index in [4.69, 9.17) is 21.1 Å². The number of rotatable bonds is 3. The third-order valence-corrected chi connectivity index (χ3v) is 2.91. The van der Waals surface area contributed by atoms with E-state index in [0.29, 0.717) is 17.9 Å². The van der Waals surface area contributed by atoms with Gasteiger partial charge >= 0.3 is 5.97 Å². The molecule has 0 spiro atoms. The van der Waals surface area contributed by atoms with Gasteiger partial charge in [0.25, 0.3) is 0 Å². The van der Waals surface area contributed by atoms with Crippen molar-refractivity contribution in [2.75, 3.05) is 13.7 Å². The van der Waals surface area contributed by atoms with Crippen molar-refractivity contribution in [3.05, 3.63) is 23.0 Å². The van der Waals surface area contributed by atoms with Crippen molar-refractivity contribution in [1.29, 1.82) is 0 Å². The van der Waals surface area contributed by atoms with Gasteiger partial charge in [0.05, 0.1) is 19.3 Å². The van der Waals surface area contributed by atoms with Gasteiger partial charge in [0.15, 0.2) is 17.2 Å². The van der Waals surface area contributed by atoms with Crippen LogP contribution in [0.15, 0.2) is 12.3 Å². The molecule has 0 aliphatic carbocycles. The Labute approximate surface area is 110 Å². The number of halogens is 1. The maximum Gasteiger partial charge on any atom is 0.339 e. The van der Waals surface area contributed by atoms with Gasteiger partial charge in [0.2, 0.25) is 0 Å². The summed E-state index contributed by atoms with van der Waals surface area (Å²) in [5.74, 6) is -0.139. The molecule has 1 aromatic rings. The lowest BCUT2D eigenvalue weighted by Gasteiger charge is -2.23. The topological polar surface area (TPSA) is 57.7 Å². The van der Waals surface area contributed by atoms with E-state index in [1.807, 2.05) is 0 Å². The van der Waals surface area contributed by atoms with E-state index in [1.165, 1.54) is 19.4 Å². The van der Waals surface area contributed by atoms with E-state index in [1.54, 1.807) is 0 Å². The molecule has 1 unspecified atom stereocenters. The first kappa shape index (κ1) is 13.1. The third kappa shape index (κ3) is 3.11. The molecule has 0 aromatic carbocycles. The summed E-state index contributed by atoms with van der Waals surface area (Å²) in [7, 11) is 1.31. The second-order valence-electron chi connectivity index (χ2n) is 3.92. The number of hydrogen-bond donors (Lipinski definition) is 0. The number of carbonyl (C=O) groups excluding carboxylic acids is 1. The number of pyridine rings is 1. The fourth-order valence-corrected chi connectivity index (χ4v) is 1.83.